The van der Waals surface area contributed by atoms with Gasteiger partial charge in [0.15, 0.2) is 5.65 Å². The Morgan fingerprint density at radius 2 is 2.35 bits per heavy atom. The van der Waals surface area contributed by atoms with E-state index in [4.69, 9.17) is 0 Å². The molecule has 1 saturated carbocycles. The van der Waals surface area contributed by atoms with Crippen LogP contribution in [0.5, 0.6) is 0 Å². The Morgan fingerprint density at radius 3 is 3.05 bits per heavy atom. The van der Waals surface area contributed by atoms with E-state index in [0.717, 1.165) is 30.6 Å². The Hall–Kier alpha value is -1.62. The van der Waals surface area contributed by atoms with Gasteiger partial charge in [-0.1, -0.05) is 25.8 Å². The number of fused-ring (bicyclic) bond motifs is 1. The second-order valence-electron chi connectivity index (χ2n) is 6.14. The molecule has 1 aliphatic carbocycles. The van der Waals surface area contributed by atoms with Crippen LogP contribution in [0.25, 0.3) is 5.65 Å². The largest absolute Gasteiger partial charge is 0.394 e. The van der Waals surface area contributed by atoms with Crippen LogP contribution in [0.3, 0.4) is 0 Å². The second kappa shape index (κ2) is 5.05. The van der Waals surface area contributed by atoms with E-state index in [2.05, 4.69) is 22.3 Å². The van der Waals surface area contributed by atoms with Gasteiger partial charge in [-0.25, -0.2) is 4.52 Å². The smallest absolute Gasteiger partial charge is 0.243 e. The zero-order valence-corrected chi connectivity index (χ0v) is 12.1. The lowest BCUT2D eigenvalue weighted by Crippen LogP contribution is -2.46. The molecule has 20 heavy (non-hydrogen) atoms. The van der Waals surface area contributed by atoms with Gasteiger partial charge in [-0.05, 0) is 37.8 Å². The van der Waals surface area contributed by atoms with Crippen molar-refractivity contribution in [1.29, 1.82) is 0 Å². The molecule has 1 fully saturated rings. The Labute approximate surface area is 119 Å². The van der Waals surface area contributed by atoms with Gasteiger partial charge >= 0.3 is 0 Å². The van der Waals surface area contributed by atoms with Gasteiger partial charge < -0.3 is 10.4 Å². The molecule has 5 heteroatoms. The normalized spacial score (nSPS) is 26.9. The van der Waals surface area contributed by atoms with Crippen molar-refractivity contribution in [1.82, 2.24) is 14.6 Å². The first-order valence-corrected chi connectivity index (χ1v) is 7.33. The van der Waals surface area contributed by atoms with Gasteiger partial charge in [-0.2, -0.15) is 4.98 Å². The number of aliphatic hydroxyl groups excluding tert-OH is 1. The molecule has 0 bridgehead atoms. The molecule has 3 rings (SSSR count). The zero-order chi connectivity index (χ0) is 14.2. The van der Waals surface area contributed by atoms with Crippen LogP contribution < -0.4 is 5.32 Å². The van der Waals surface area contributed by atoms with E-state index in [-0.39, 0.29) is 12.1 Å². The second-order valence-corrected chi connectivity index (χ2v) is 6.14. The number of aryl methyl sites for hydroxylation is 1. The number of nitrogens with one attached hydrogen (secondary N) is 1. The SMILES string of the molecule is Cc1cccc2nc(NC3(CO)CCCC(C)C3)nn12. The summed E-state index contributed by atoms with van der Waals surface area (Å²) < 4.78 is 1.83. The van der Waals surface area contributed by atoms with Crippen molar-refractivity contribution in [3.8, 4) is 0 Å². The Kier molecular flexibility index (Phi) is 3.38. The summed E-state index contributed by atoms with van der Waals surface area (Å²) in [5.41, 5.74) is 1.62. The van der Waals surface area contributed by atoms with E-state index in [1.54, 1.807) is 0 Å². The highest BCUT2D eigenvalue weighted by atomic mass is 16.3. The molecule has 2 atom stereocenters. The van der Waals surface area contributed by atoms with Gasteiger partial charge in [0.25, 0.3) is 0 Å². The Morgan fingerprint density at radius 1 is 1.50 bits per heavy atom. The summed E-state index contributed by atoms with van der Waals surface area (Å²) in [6, 6.07) is 5.93. The molecule has 108 valence electrons. The summed E-state index contributed by atoms with van der Waals surface area (Å²) in [5, 5.41) is 17.7. The first kappa shape index (κ1) is 13.4. The molecule has 2 unspecified atom stereocenters. The van der Waals surface area contributed by atoms with E-state index < -0.39 is 0 Å². The number of pyridine rings is 1. The summed E-state index contributed by atoms with van der Waals surface area (Å²) in [7, 11) is 0. The van der Waals surface area contributed by atoms with Crippen molar-refractivity contribution >= 4 is 11.6 Å². The molecule has 0 amide bonds. The Balaban J connectivity index is 1.89. The predicted octanol–water partition coefficient (Wildman–Crippen LogP) is 2.39. The molecule has 2 aromatic heterocycles. The fourth-order valence-electron chi connectivity index (χ4n) is 3.28. The highest BCUT2D eigenvalue weighted by Crippen LogP contribution is 2.34. The van der Waals surface area contributed by atoms with Gasteiger partial charge in [0.05, 0.1) is 12.1 Å². The molecule has 1 aliphatic rings. The van der Waals surface area contributed by atoms with Crippen molar-refractivity contribution < 1.29 is 5.11 Å². The van der Waals surface area contributed by atoms with Crippen LogP contribution in [0.2, 0.25) is 0 Å². The summed E-state index contributed by atoms with van der Waals surface area (Å²) in [6.07, 6.45) is 4.32. The number of aliphatic hydroxyl groups is 1. The predicted molar refractivity (Wildman–Crippen MR) is 78.8 cm³/mol. The molecule has 5 nitrogen and oxygen atoms in total. The molecule has 0 aromatic carbocycles. The van der Waals surface area contributed by atoms with Crippen molar-refractivity contribution in [2.24, 2.45) is 5.92 Å². The average molecular weight is 274 g/mol. The number of aromatic nitrogens is 3. The van der Waals surface area contributed by atoms with Crippen LogP contribution in [0, 0.1) is 12.8 Å². The molecule has 2 heterocycles. The molecule has 0 spiro atoms. The number of hydrogen-bond acceptors (Lipinski definition) is 4. The number of nitrogens with zero attached hydrogens (tertiary/aromatic N) is 3. The van der Waals surface area contributed by atoms with Crippen LogP contribution >= 0.6 is 0 Å². The van der Waals surface area contributed by atoms with Crippen LogP contribution in [-0.2, 0) is 0 Å². The standard InChI is InChI=1S/C15H22N4O/c1-11-5-4-8-15(9-11,10-20)17-14-16-13-7-3-6-12(2)19(13)18-14/h3,6-7,11,20H,4-5,8-10H2,1-2H3,(H,17,18). The lowest BCUT2D eigenvalue weighted by molar-refractivity contribution is 0.149. The maximum atomic E-state index is 9.83. The fourth-order valence-corrected chi connectivity index (χ4v) is 3.28. The highest BCUT2D eigenvalue weighted by Gasteiger charge is 2.35. The summed E-state index contributed by atoms with van der Waals surface area (Å²) in [6.45, 7) is 4.38. The minimum Gasteiger partial charge on any atom is -0.394 e. The quantitative estimate of drug-likeness (QED) is 0.902. The summed E-state index contributed by atoms with van der Waals surface area (Å²) in [5.74, 6) is 1.24. The van der Waals surface area contributed by atoms with Crippen LogP contribution in [0.4, 0.5) is 5.95 Å². The van der Waals surface area contributed by atoms with Crippen molar-refractivity contribution in [3.63, 3.8) is 0 Å². The van der Waals surface area contributed by atoms with E-state index in [1.807, 2.05) is 29.6 Å². The van der Waals surface area contributed by atoms with Crippen molar-refractivity contribution in [3.05, 3.63) is 23.9 Å². The number of rotatable bonds is 3. The van der Waals surface area contributed by atoms with Gasteiger partial charge in [0, 0.05) is 5.69 Å². The van der Waals surface area contributed by atoms with Gasteiger partial charge in [0.2, 0.25) is 5.95 Å². The third kappa shape index (κ3) is 2.38. The zero-order valence-electron chi connectivity index (χ0n) is 12.1. The lowest BCUT2D eigenvalue weighted by atomic mass is 9.77. The topological polar surface area (TPSA) is 62.5 Å². The maximum Gasteiger partial charge on any atom is 0.243 e. The monoisotopic (exact) mass is 274 g/mol. The van der Waals surface area contributed by atoms with E-state index in [0.29, 0.717) is 11.9 Å². The van der Waals surface area contributed by atoms with Crippen LogP contribution in [0.1, 0.15) is 38.3 Å². The van der Waals surface area contributed by atoms with Crippen LogP contribution in [-0.4, -0.2) is 31.9 Å². The minimum atomic E-state index is -0.267. The fraction of sp³-hybridized carbons (Fsp3) is 0.600. The van der Waals surface area contributed by atoms with E-state index in [1.165, 1.54) is 6.42 Å². The van der Waals surface area contributed by atoms with Crippen molar-refractivity contribution in [2.45, 2.75) is 45.1 Å². The van der Waals surface area contributed by atoms with E-state index >= 15 is 0 Å². The highest BCUT2D eigenvalue weighted by molar-refractivity contribution is 5.45. The van der Waals surface area contributed by atoms with Crippen LogP contribution in [0.15, 0.2) is 18.2 Å². The molecular weight excluding hydrogens is 252 g/mol. The molecule has 0 aliphatic heterocycles. The minimum absolute atomic E-state index is 0.131. The van der Waals surface area contributed by atoms with Crippen molar-refractivity contribution in [2.75, 3.05) is 11.9 Å². The van der Waals surface area contributed by atoms with Gasteiger partial charge in [-0.15, -0.1) is 5.10 Å². The van der Waals surface area contributed by atoms with Gasteiger partial charge in [0.1, 0.15) is 0 Å². The summed E-state index contributed by atoms with van der Waals surface area (Å²) in [4.78, 5) is 4.52. The molecular formula is C15H22N4O. The maximum absolute atomic E-state index is 9.83. The third-order valence-electron chi connectivity index (χ3n) is 4.32. The number of hydrogen-bond donors (Lipinski definition) is 2. The first-order chi connectivity index (χ1) is 9.62. The third-order valence-corrected chi connectivity index (χ3v) is 4.32. The molecule has 0 radical (unpaired) electrons. The first-order valence-electron chi connectivity index (χ1n) is 7.33. The Bertz CT molecular complexity index is 609. The van der Waals surface area contributed by atoms with Gasteiger partial charge in [-0.3, -0.25) is 0 Å². The van der Waals surface area contributed by atoms with E-state index in [9.17, 15) is 5.11 Å². The summed E-state index contributed by atoms with van der Waals surface area (Å²) >= 11 is 0. The molecule has 2 N–H and O–H groups in total. The molecule has 0 saturated heterocycles. The average Bonchev–Trinajstić information content (AvgIpc) is 2.82. The lowest BCUT2D eigenvalue weighted by Gasteiger charge is -2.39. The molecule has 2 aromatic rings. The number of anilines is 1.